The van der Waals surface area contributed by atoms with Gasteiger partial charge in [-0.3, -0.25) is 0 Å². The molecule has 0 aliphatic heterocycles. The second-order valence-electron chi connectivity index (χ2n) is 11.7. The Balaban J connectivity index is 1.20. The molecule has 0 aliphatic carbocycles. The normalized spacial score (nSPS) is 10.9. The number of hydrogen-bond acceptors (Lipinski definition) is 7. The van der Waals surface area contributed by atoms with E-state index in [1.54, 1.807) is 12.1 Å². The fraction of sp³-hybridized carbons (Fsp3) is 0. The van der Waals surface area contributed by atoms with Crippen LogP contribution in [0.2, 0.25) is 0 Å². The number of aromatic nitrogens is 5. The first-order valence-electron chi connectivity index (χ1n) is 16.2. The van der Waals surface area contributed by atoms with Crippen LogP contribution >= 0.6 is 0 Å². The highest BCUT2D eigenvalue weighted by molar-refractivity contribution is 5.78. The zero-order chi connectivity index (χ0) is 33.7. The van der Waals surface area contributed by atoms with E-state index in [0.29, 0.717) is 29.0 Å². The molecule has 0 unspecified atom stereocenters. The molecule has 0 saturated heterocycles. The van der Waals surface area contributed by atoms with E-state index in [1.807, 2.05) is 127 Å². The van der Waals surface area contributed by atoms with Crippen molar-refractivity contribution in [1.29, 1.82) is 0 Å². The first kappa shape index (κ1) is 30.4. The molecule has 0 bridgehead atoms. The molecule has 6 aromatic carbocycles. The Morgan fingerprint density at radius 1 is 0.300 bits per heavy atom. The molecular formula is C43H28N6O. The predicted octanol–water partition coefficient (Wildman–Crippen LogP) is 10.7. The Labute approximate surface area is 289 Å². The lowest BCUT2D eigenvalue weighted by molar-refractivity contribution is 1.07. The lowest BCUT2D eigenvalue weighted by atomic mass is 9.99. The Kier molecular flexibility index (Phi) is 8.27. The zero-order valence-corrected chi connectivity index (χ0v) is 26.8. The quantitative estimate of drug-likeness (QED) is 0.153. The lowest BCUT2D eigenvalue weighted by Crippen LogP contribution is -2.00. The van der Waals surface area contributed by atoms with E-state index in [1.165, 1.54) is 0 Å². The van der Waals surface area contributed by atoms with Gasteiger partial charge < -0.3 is 0 Å². The highest BCUT2D eigenvalue weighted by atomic mass is 16.3. The Bertz CT molecular complexity index is 2380. The van der Waals surface area contributed by atoms with Crippen molar-refractivity contribution in [3.05, 3.63) is 175 Å². The second-order valence-corrected chi connectivity index (χ2v) is 11.7. The maximum absolute atomic E-state index is 11.0. The lowest BCUT2D eigenvalue weighted by Gasteiger charge is -2.11. The molecule has 0 N–H and O–H groups in total. The van der Waals surface area contributed by atoms with Gasteiger partial charge in [0.2, 0.25) is 0 Å². The number of rotatable bonds is 8. The van der Waals surface area contributed by atoms with Gasteiger partial charge >= 0.3 is 0 Å². The summed E-state index contributed by atoms with van der Waals surface area (Å²) in [6.45, 7) is 0. The predicted molar refractivity (Wildman–Crippen MR) is 199 cm³/mol. The van der Waals surface area contributed by atoms with Gasteiger partial charge in [0.1, 0.15) is 5.69 Å². The van der Waals surface area contributed by atoms with Gasteiger partial charge in [-0.15, -0.1) is 4.91 Å². The van der Waals surface area contributed by atoms with Crippen LogP contribution in [0.25, 0.3) is 79.2 Å². The maximum atomic E-state index is 11.0. The SMILES string of the molecule is O=Nc1ccc(-c2nc(-c3ccccc3)cc(-c3cccc(-c4cccc(-c5nc(-c6ccccc6)nc(-c6ccccc6)n5)c4)c3)n2)cc1. The smallest absolute Gasteiger partial charge is 0.164 e. The summed E-state index contributed by atoms with van der Waals surface area (Å²) in [5, 5.41) is 3.03. The molecule has 2 aromatic heterocycles. The van der Waals surface area contributed by atoms with Gasteiger partial charge in [-0.1, -0.05) is 127 Å². The molecule has 0 spiro atoms. The summed E-state index contributed by atoms with van der Waals surface area (Å²) in [4.78, 5) is 35.6. The molecule has 0 radical (unpaired) electrons. The zero-order valence-electron chi connectivity index (χ0n) is 26.8. The standard InChI is InChI=1S/C43H28N6O/c50-49-37-24-22-32(23-25-37)40-44-38(29-12-4-1-5-13-29)28-39(45-40)35-20-10-18-33(26-35)34-19-11-21-36(27-34)43-47-41(30-14-6-2-7-15-30)46-42(48-43)31-16-8-3-9-17-31/h1-28H. The largest absolute Gasteiger partial charge is 0.228 e. The molecule has 8 aromatic rings. The highest BCUT2D eigenvalue weighted by Gasteiger charge is 2.15. The first-order chi connectivity index (χ1) is 24.7. The minimum atomic E-state index is 0.355. The molecule has 7 nitrogen and oxygen atoms in total. The van der Waals surface area contributed by atoms with Crippen LogP contribution < -0.4 is 0 Å². The molecule has 0 fully saturated rings. The van der Waals surface area contributed by atoms with Crippen LogP contribution in [-0.4, -0.2) is 24.9 Å². The summed E-state index contributed by atoms with van der Waals surface area (Å²) in [6.07, 6.45) is 0. The van der Waals surface area contributed by atoms with Gasteiger partial charge in [0, 0.05) is 33.4 Å². The summed E-state index contributed by atoms with van der Waals surface area (Å²) in [6, 6.07) is 55.5. The molecule has 0 atom stereocenters. The van der Waals surface area contributed by atoms with E-state index in [9.17, 15) is 4.91 Å². The fourth-order valence-electron chi connectivity index (χ4n) is 5.79. The average Bonchev–Trinajstić information content (AvgIpc) is 3.21. The van der Waals surface area contributed by atoms with Gasteiger partial charge in [0.15, 0.2) is 23.3 Å². The molecule has 0 aliphatic rings. The van der Waals surface area contributed by atoms with E-state index in [-0.39, 0.29) is 0 Å². The van der Waals surface area contributed by atoms with E-state index >= 15 is 0 Å². The third-order valence-corrected chi connectivity index (χ3v) is 8.34. The van der Waals surface area contributed by atoms with Crippen molar-refractivity contribution in [2.45, 2.75) is 0 Å². The van der Waals surface area contributed by atoms with Crippen molar-refractivity contribution in [1.82, 2.24) is 24.9 Å². The monoisotopic (exact) mass is 644 g/mol. The second kappa shape index (κ2) is 13.6. The van der Waals surface area contributed by atoms with Gasteiger partial charge in [-0.2, -0.15) is 0 Å². The molecule has 2 heterocycles. The van der Waals surface area contributed by atoms with Crippen LogP contribution in [0.1, 0.15) is 0 Å². The Hall–Kier alpha value is -6.99. The molecule has 0 amide bonds. The molecule has 0 saturated carbocycles. The van der Waals surface area contributed by atoms with Crippen LogP contribution in [-0.2, 0) is 0 Å². The van der Waals surface area contributed by atoms with Crippen molar-refractivity contribution < 1.29 is 0 Å². The third kappa shape index (κ3) is 6.43. The maximum Gasteiger partial charge on any atom is 0.164 e. The van der Waals surface area contributed by atoms with Crippen molar-refractivity contribution in [2.24, 2.45) is 5.18 Å². The van der Waals surface area contributed by atoms with Crippen LogP contribution in [0.4, 0.5) is 5.69 Å². The minimum Gasteiger partial charge on any atom is -0.228 e. The van der Waals surface area contributed by atoms with E-state index in [0.717, 1.165) is 55.9 Å². The third-order valence-electron chi connectivity index (χ3n) is 8.34. The van der Waals surface area contributed by atoms with Crippen LogP contribution in [0.3, 0.4) is 0 Å². The number of nitrogens with zero attached hydrogens (tertiary/aromatic N) is 6. The van der Waals surface area contributed by atoms with Crippen molar-refractivity contribution in [2.75, 3.05) is 0 Å². The average molecular weight is 645 g/mol. The summed E-state index contributed by atoms with van der Waals surface area (Å²) in [5.41, 5.74) is 9.42. The Morgan fingerprint density at radius 3 is 1.22 bits per heavy atom. The minimum absolute atomic E-state index is 0.355. The van der Waals surface area contributed by atoms with Crippen molar-refractivity contribution >= 4 is 5.69 Å². The van der Waals surface area contributed by atoms with Crippen molar-refractivity contribution in [3.63, 3.8) is 0 Å². The van der Waals surface area contributed by atoms with Crippen LogP contribution in [0.5, 0.6) is 0 Å². The van der Waals surface area contributed by atoms with Crippen LogP contribution in [0.15, 0.2) is 175 Å². The molecule has 236 valence electrons. The van der Waals surface area contributed by atoms with E-state index in [4.69, 9.17) is 24.9 Å². The first-order valence-corrected chi connectivity index (χ1v) is 16.2. The van der Waals surface area contributed by atoms with E-state index < -0.39 is 0 Å². The molecule has 50 heavy (non-hydrogen) atoms. The van der Waals surface area contributed by atoms with Gasteiger partial charge in [0.25, 0.3) is 0 Å². The summed E-state index contributed by atoms with van der Waals surface area (Å²) < 4.78 is 0. The van der Waals surface area contributed by atoms with Gasteiger partial charge in [-0.25, -0.2) is 24.9 Å². The van der Waals surface area contributed by atoms with Gasteiger partial charge in [-0.05, 0) is 58.8 Å². The fourth-order valence-corrected chi connectivity index (χ4v) is 5.79. The Morgan fingerprint density at radius 2 is 0.680 bits per heavy atom. The summed E-state index contributed by atoms with van der Waals surface area (Å²) in [7, 11) is 0. The highest BCUT2D eigenvalue weighted by Crippen LogP contribution is 2.32. The molecule has 7 heteroatoms. The van der Waals surface area contributed by atoms with Crippen molar-refractivity contribution in [3.8, 4) is 79.2 Å². The number of hydrogen-bond donors (Lipinski definition) is 0. The summed E-state index contributed by atoms with van der Waals surface area (Å²) >= 11 is 0. The summed E-state index contributed by atoms with van der Waals surface area (Å²) in [5.74, 6) is 2.39. The van der Waals surface area contributed by atoms with Gasteiger partial charge in [0.05, 0.1) is 11.4 Å². The topological polar surface area (TPSA) is 93.9 Å². The molecule has 8 rings (SSSR count). The van der Waals surface area contributed by atoms with E-state index in [2.05, 4.69) is 35.5 Å². The molecular weight excluding hydrogens is 617 g/mol. The number of nitroso groups, excluding NO2 is 1. The number of benzene rings is 6. The van der Waals surface area contributed by atoms with Crippen LogP contribution in [0, 0.1) is 4.91 Å².